The van der Waals surface area contributed by atoms with E-state index in [1.807, 2.05) is 0 Å². The number of ketones is 1. The highest BCUT2D eigenvalue weighted by Crippen LogP contribution is 2.31. The normalized spacial score (nSPS) is 22.2. The second-order valence-electron chi connectivity index (χ2n) is 2.80. The Labute approximate surface area is 77.7 Å². The highest BCUT2D eigenvalue weighted by Gasteiger charge is 2.43. The maximum atomic E-state index is 12.2. The van der Waals surface area contributed by atoms with Gasteiger partial charge in [-0.15, -0.1) is 0 Å². The second-order valence-corrected chi connectivity index (χ2v) is 2.80. The number of hydrogen-bond acceptors (Lipinski definition) is 3. The average molecular weight is 206 g/mol. The number of rotatable bonds is 1. The van der Waals surface area contributed by atoms with E-state index in [0.717, 1.165) is 6.08 Å². The third-order valence-electron chi connectivity index (χ3n) is 1.76. The van der Waals surface area contributed by atoms with Crippen LogP contribution in [0.25, 0.3) is 0 Å². The van der Waals surface area contributed by atoms with Crippen LogP contribution < -0.4 is 0 Å². The molecule has 0 aromatic carbocycles. The molecule has 2 N–H and O–H groups in total. The molecule has 0 aromatic rings. The van der Waals surface area contributed by atoms with Gasteiger partial charge >= 0.3 is 13.3 Å². The maximum Gasteiger partial charge on any atom is 0.488 e. The standard InChI is InChI=1S/C7H6BF3O3/c9-7(10,11)5-3-4(8(13)14)1-2-6(5)12/h1-3,5,13-14H. The minimum atomic E-state index is -4.69. The van der Waals surface area contributed by atoms with Crippen molar-refractivity contribution in [3.8, 4) is 0 Å². The Bertz CT molecular complexity index is 306. The summed E-state index contributed by atoms with van der Waals surface area (Å²) < 4.78 is 36.5. The third-order valence-corrected chi connectivity index (χ3v) is 1.76. The molecule has 0 fully saturated rings. The van der Waals surface area contributed by atoms with E-state index in [0.29, 0.717) is 12.2 Å². The van der Waals surface area contributed by atoms with Crippen LogP contribution in [0.1, 0.15) is 0 Å². The van der Waals surface area contributed by atoms with Crippen molar-refractivity contribution in [3.05, 3.63) is 23.7 Å². The molecule has 1 unspecified atom stereocenters. The summed E-state index contributed by atoms with van der Waals surface area (Å²) in [5.74, 6) is -3.38. The first kappa shape index (κ1) is 11.0. The van der Waals surface area contributed by atoms with Crippen molar-refractivity contribution in [1.29, 1.82) is 0 Å². The van der Waals surface area contributed by atoms with Crippen molar-refractivity contribution in [2.45, 2.75) is 6.18 Å². The SMILES string of the molecule is O=C1C=CC(B(O)O)=CC1C(F)(F)F. The minimum Gasteiger partial charge on any atom is -0.423 e. The summed E-state index contributed by atoms with van der Waals surface area (Å²) in [5.41, 5.74) is -0.327. The Morgan fingerprint density at radius 3 is 2.29 bits per heavy atom. The second kappa shape index (κ2) is 3.59. The quantitative estimate of drug-likeness (QED) is 0.604. The summed E-state index contributed by atoms with van der Waals surface area (Å²) in [7, 11) is -2.00. The number of carbonyl (C=O) groups excluding carboxylic acids is 1. The largest absolute Gasteiger partial charge is 0.488 e. The van der Waals surface area contributed by atoms with E-state index in [2.05, 4.69) is 0 Å². The van der Waals surface area contributed by atoms with E-state index in [4.69, 9.17) is 10.0 Å². The molecule has 0 saturated heterocycles. The van der Waals surface area contributed by atoms with E-state index < -0.39 is 25.0 Å². The molecule has 1 atom stereocenters. The number of hydrogen-bond donors (Lipinski definition) is 2. The fourth-order valence-corrected chi connectivity index (χ4v) is 1.04. The van der Waals surface area contributed by atoms with Crippen LogP contribution in [0.15, 0.2) is 23.7 Å². The summed E-state index contributed by atoms with van der Waals surface area (Å²) in [6, 6.07) is 0. The first-order chi connectivity index (χ1) is 6.32. The van der Waals surface area contributed by atoms with E-state index in [1.165, 1.54) is 0 Å². The molecule has 14 heavy (non-hydrogen) atoms. The summed E-state index contributed by atoms with van der Waals surface area (Å²) in [6.07, 6.45) is -2.54. The van der Waals surface area contributed by atoms with Crippen LogP contribution in [-0.4, -0.2) is 29.1 Å². The molecular formula is C7H6BF3O3. The fraction of sp³-hybridized carbons (Fsp3) is 0.286. The molecule has 0 saturated carbocycles. The van der Waals surface area contributed by atoms with Crippen LogP contribution in [-0.2, 0) is 4.79 Å². The van der Waals surface area contributed by atoms with E-state index in [1.54, 1.807) is 0 Å². The monoisotopic (exact) mass is 206 g/mol. The number of carbonyl (C=O) groups is 1. The molecular weight excluding hydrogens is 200 g/mol. The van der Waals surface area contributed by atoms with Gasteiger partial charge < -0.3 is 10.0 Å². The van der Waals surface area contributed by atoms with Crippen LogP contribution >= 0.6 is 0 Å². The molecule has 1 aliphatic carbocycles. The number of halogens is 3. The lowest BCUT2D eigenvalue weighted by Crippen LogP contribution is -2.31. The van der Waals surface area contributed by atoms with Gasteiger partial charge in [0.1, 0.15) is 5.92 Å². The zero-order valence-electron chi connectivity index (χ0n) is 6.82. The van der Waals surface area contributed by atoms with E-state index in [-0.39, 0.29) is 5.47 Å². The molecule has 1 aliphatic rings. The molecule has 0 aliphatic heterocycles. The summed E-state index contributed by atoms with van der Waals surface area (Å²) >= 11 is 0. The van der Waals surface area contributed by atoms with Crippen molar-refractivity contribution in [2.75, 3.05) is 0 Å². The Morgan fingerprint density at radius 1 is 1.29 bits per heavy atom. The van der Waals surface area contributed by atoms with Gasteiger partial charge in [0.05, 0.1) is 0 Å². The first-order valence-electron chi connectivity index (χ1n) is 3.69. The van der Waals surface area contributed by atoms with Gasteiger partial charge in [0.15, 0.2) is 5.78 Å². The predicted molar refractivity (Wildman–Crippen MR) is 42.0 cm³/mol. The van der Waals surface area contributed by atoms with E-state index in [9.17, 15) is 18.0 Å². The van der Waals surface area contributed by atoms with Crippen LogP contribution in [0.2, 0.25) is 0 Å². The Morgan fingerprint density at radius 2 is 1.86 bits per heavy atom. The lowest BCUT2D eigenvalue weighted by atomic mass is 9.74. The molecule has 0 amide bonds. The van der Waals surface area contributed by atoms with Crippen LogP contribution in [0.3, 0.4) is 0 Å². The van der Waals surface area contributed by atoms with Gasteiger partial charge in [0.2, 0.25) is 0 Å². The first-order valence-corrected chi connectivity index (χ1v) is 3.69. The van der Waals surface area contributed by atoms with E-state index >= 15 is 0 Å². The minimum absolute atomic E-state index is 0.327. The van der Waals surface area contributed by atoms with Crippen LogP contribution in [0, 0.1) is 5.92 Å². The molecule has 0 bridgehead atoms. The third kappa shape index (κ3) is 2.24. The lowest BCUT2D eigenvalue weighted by Gasteiger charge is -2.18. The highest BCUT2D eigenvalue weighted by atomic mass is 19.4. The van der Waals surface area contributed by atoms with Crippen LogP contribution in [0.5, 0.6) is 0 Å². The number of alkyl halides is 3. The molecule has 76 valence electrons. The lowest BCUT2D eigenvalue weighted by molar-refractivity contribution is -0.168. The predicted octanol–water partition coefficient (Wildman–Crippen LogP) is 0.242. The molecule has 0 heterocycles. The van der Waals surface area contributed by atoms with Gasteiger partial charge in [-0.3, -0.25) is 4.79 Å². The molecule has 7 heteroatoms. The number of allylic oxidation sites excluding steroid dienone is 4. The van der Waals surface area contributed by atoms with Gasteiger partial charge in [0, 0.05) is 0 Å². The average Bonchev–Trinajstić information content (AvgIpc) is 2.02. The zero-order valence-corrected chi connectivity index (χ0v) is 6.82. The van der Waals surface area contributed by atoms with Gasteiger partial charge in [-0.05, 0) is 11.5 Å². The Hall–Kier alpha value is -1.08. The van der Waals surface area contributed by atoms with Crippen molar-refractivity contribution < 1.29 is 28.0 Å². The smallest absolute Gasteiger partial charge is 0.423 e. The van der Waals surface area contributed by atoms with Crippen molar-refractivity contribution in [1.82, 2.24) is 0 Å². The van der Waals surface area contributed by atoms with Crippen molar-refractivity contribution >= 4 is 12.9 Å². The highest BCUT2D eigenvalue weighted by molar-refractivity contribution is 6.52. The van der Waals surface area contributed by atoms with Gasteiger partial charge in [-0.1, -0.05) is 12.2 Å². The molecule has 0 spiro atoms. The fourth-order valence-electron chi connectivity index (χ4n) is 1.04. The van der Waals surface area contributed by atoms with Gasteiger partial charge in [-0.25, -0.2) is 0 Å². The Kier molecular flexibility index (Phi) is 2.82. The maximum absolute atomic E-state index is 12.2. The summed E-state index contributed by atoms with van der Waals surface area (Å²) in [5, 5.41) is 17.2. The molecule has 3 nitrogen and oxygen atoms in total. The van der Waals surface area contributed by atoms with Gasteiger partial charge in [-0.2, -0.15) is 13.2 Å². The molecule has 0 radical (unpaired) electrons. The van der Waals surface area contributed by atoms with Gasteiger partial charge in [0.25, 0.3) is 0 Å². The topological polar surface area (TPSA) is 57.5 Å². The Balaban J connectivity index is 2.97. The summed E-state index contributed by atoms with van der Waals surface area (Å²) in [6.45, 7) is 0. The zero-order chi connectivity index (χ0) is 10.9. The van der Waals surface area contributed by atoms with Crippen molar-refractivity contribution in [3.63, 3.8) is 0 Å². The summed E-state index contributed by atoms with van der Waals surface area (Å²) in [4.78, 5) is 10.8. The van der Waals surface area contributed by atoms with Crippen LogP contribution in [0.4, 0.5) is 13.2 Å². The van der Waals surface area contributed by atoms with Crippen molar-refractivity contribution in [2.24, 2.45) is 5.92 Å². The molecule has 0 aromatic heterocycles. The molecule has 1 rings (SSSR count).